The van der Waals surface area contributed by atoms with Crippen LogP contribution in [0.2, 0.25) is 0 Å². The number of aliphatic imine (C=N–C) groups is 1. The summed E-state index contributed by atoms with van der Waals surface area (Å²) in [4.78, 5) is 3.78. The minimum atomic E-state index is -5.88. The zero-order valence-corrected chi connectivity index (χ0v) is 21.8. The molecule has 0 aromatic heterocycles. The van der Waals surface area contributed by atoms with Gasteiger partial charge >= 0.3 is 0 Å². The van der Waals surface area contributed by atoms with E-state index in [9.17, 15) is 39.5 Å². The summed E-state index contributed by atoms with van der Waals surface area (Å²) >= 11 is 0. The third-order valence-corrected chi connectivity index (χ3v) is 7.16. The number of benzene rings is 4. The van der Waals surface area contributed by atoms with Crippen LogP contribution < -0.4 is 16.4 Å². The summed E-state index contributed by atoms with van der Waals surface area (Å²) in [6, 6.07) is 6.89. The number of halogens is 15. The Bertz CT molecular complexity index is 1760. The highest BCUT2D eigenvalue weighted by Crippen LogP contribution is 2.30. The summed E-state index contributed by atoms with van der Waals surface area (Å²) in [5.74, 6) is -48.0. The second kappa shape index (κ2) is 11.5. The first kappa shape index (κ1) is 32.5. The van der Waals surface area contributed by atoms with Gasteiger partial charge in [-0.3, -0.25) is 0 Å². The van der Waals surface area contributed by atoms with E-state index in [4.69, 9.17) is 4.74 Å². The van der Waals surface area contributed by atoms with Crippen molar-refractivity contribution in [3.8, 4) is 0 Å². The molecule has 0 aliphatic carbocycles. The molecule has 240 valence electrons. The monoisotopic (exact) mass is 670 g/mol. The average molecular weight is 670 g/mol. The van der Waals surface area contributed by atoms with Crippen molar-refractivity contribution in [1.29, 1.82) is 0 Å². The quantitative estimate of drug-likeness (QED) is 0.108. The van der Waals surface area contributed by atoms with E-state index in [0.29, 0.717) is 0 Å². The van der Waals surface area contributed by atoms with Crippen molar-refractivity contribution in [2.24, 2.45) is 4.99 Å². The summed E-state index contributed by atoms with van der Waals surface area (Å²) < 4.78 is 228. The zero-order chi connectivity index (χ0) is 34.0. The fourth-order valence-corrected chi connectivity index (χ4v) is 5.18. The first-order chi connectivity index (χ1) is 21.6. The Kier molecular flexibility index (Phi) is 8.11. The molecule has 0 unspecified atom stereocenters. The molecule has 1 heterocycles. The lowest BCUT2D eigenvalue weighted by molar-refractivity contribution is 0.379. The summed E-state index contributed by atoms with van der Waals surface area (Å²) in [6.45, 7) is -0.992. The SMILES string of the molecule is Fc1c(F)c(F)c([B-](C=C2CN=C(c3ccccc3)O2)(c2c(F)c(F)c(F)c(F)c2F)c2c(F)c(F)c(F)c(F)c2F)c(F)c1F. The molecule has 0 fully saturated rings. The van der Waals surface area contributed by atoms with Crippen LogP contribution in [0.4, 0.5) is 65.9 Å². The molecular formula is C28H8BF15NO-. The molecule has 0 saturated heterocycles. The standard InChI is InChI=1S/C28H8BF15NO/c30-13-10(14(31)20(37)25(42)19(13)36)29(11-15(32)21(38)26(43)22(39)16(11)33,12-17(34)23(40)27(44)24(41)18(12)35)6-9-7-45-28(46-9)8-4-2-1-3-5-8/h1-6H,7H2/q-1. The van der Waals surface area contributed by atoms with Gasteiger partial charge in [0.25, 0.3) is 0 Å². The Hall–Kier alpha value is -4.90. The molecule has 0 atom stereocenters. The third kappa shape index (κ3) is 4.60. The first-order valence-corrected chi connectivity index (χ1v) is 12.3. The van der Waals surface area contributed by atoms with Crippen LogP contribution in [0.5, 0.6) is 0 Å². The summed E-state index contributed by atoms with van der Waals surface area (Å²) in [5.41, 5.74) is -8.21. The van der Waals surface area contributed by atoms with Crippen LogP contribution >= 0.6 is 0 Å². The van der Waals surface area contributed by atoms with Gasteiger partial charge in [-0.05, 0) is 12.1 Å². The van der Waals surface area contributed by atoms with E-state index >= 15 is 26.3 Å². The van der Waals surface area contributed by atoms with Crippen LogP contribution in [-0.2, 0) is 4.74 Å². The van der Waals surface area contributed by atoms with Gasteiger partial charge in [0, 0.05) is 5.56 Å². The van der Waals surface area contributed by atoms with Crippen molar-refractivity contribution in [2.45, 2.75) is 0 Å². The fraction of sp³-hybridized carbons (Fsp3) is 0.0357. The van der Waals surface area contributed by atoms with Crippen molar-refractivity contribution >= 4 is 28.4 Å². The Balaban J connectivity index is 2.08. The molecule has 5 rings (SSSR count). The number of rotatable bonds is 5. The average Bonchev–Trinajstić information content (AvgIpc) is 3.51. The maximum atomic E-state index is 15.6. The van der Waals surface area contributed by atoms with Crippen LogP contribution in [0.1, 0.15) is 5.56 Å². The van der Waals surface area contributed by atoms with Crippen LogP contribution in [0.25, 0.3) is 0 Å². The number of hydrogen-bond donors (Lipinski definition) is 0. The molecule has 0 N–H and O–H groups in total. The third-order valence-electron chi connectivity index (χ3n) is 7.16. The van der Waals surface area contributed by atoms with Crippen LogP contribution in [0.3, 0.4) is 0 Å². The fourth-order valence-electron chi connectivity index (χ4n) is 5.18. The molecule has 0 spiro atoms. The smallest absolute Gasteiger partial charge is 0.221 e. The number of nitrogens with zero attached hydrogens (tertiary/aromatic N) is 1. The topological polar surface area (TPSA) is 21.6 Å². The van der Waals surface area contributed by atoms with Crippen LogP contribution in [0, 0.1) is 87.3 Å². The van der Waals surface area contributed by atoms with Gasteiger partial charge in [-0.25, -0.2) is 70.8 Å². The summed E-state index contributed by atoms with van der Waals surface area (Å²) in [7, 11) is 0. The second-order valence-electron chi connectivity index (χ2n) is 9.61. The van der Waals surface area contributed by atoms with E-state index in [2.05, 4.69) is 4.99 Å². The Morgan fingerprint density at radius 2 is 0.761 bits per heavy atom. The molecule has 4 aromatic rings. The molecule has 46 heavy (non-hydrogen) atoms. The van der Waals surface area contributed by atoms with Gasteiger partial charge in [0.2, 0.25) is 5.90 Å². The van der Waals surface area contributed by atoms with Crippen LogP contribution in [0.15, 0.2) is 47.1 Å². The van der Waals surface area contributed by atoms with E-state index < -0.39 is 128 Å². The maximum absolute atomic E-state index is 15.6. The lowest BCUT2D eigenvalue weighted by Crippen LogP contribution is -2.72. The number of ether oxygens (including phenoxy) is 1. The zero-order valence-electron chi connectivity index (χ0n) is 21.8. The van der Waals surface area contributed by atoms with Crippen molar-refractivity contribution < 1.29 is 70.6 Å². The molecule has 0 amide bonds. The van der Waals surface area contributed by atoms with E-state index in [1.165, 1.54) is 30.3 Å². The molecule has 0 bridgehead atoms. The molecule has 18 heteroatoms. The van der Waals surface area contributed by atoms with Gasteiger partial charge in [0.15, 0.2) is 52.4 Å². The Morgan fingerprint density at radius 3 is 1.09 bits per heavy atom. The normalized spacial score (nSPS) is 14.2. The predicted octanol–water partition coefficient (Wildman–Crippen LogP) is 6.14. The highest BCUT2D eigenvalue weighted by Gasteiger charge is 2.47. The molecule has 0 saturated carbocycles. The predicted molar refractivity (Wildman–Crippen MR) is 130 cm³/mol. The lowest BCUT2D eigenvalue weighted by atomic mass is 9.15. The molecule has 2 nitrogen and oxygen atoms in total. The van der Waals surface area contributed by atoms with E-state index in [0.717, 1.165) is 0 Å². The minimum Gasteiger partial charge on any atom is -0.445 e. The molecule has 1 aliphatic rings. The van der Waals surface area contributed by atoms with Gasteiger partial charge < -0.3 is 4.74 Å². The Morgan fingerprint density at radius 1 is 0.457 bits per heavy atom. The van der Waals surface area contributed by atoms with Crippen molar-refractivity contribution in [3.63, 3.8) is 0 Å². The van der Waals surface area contributed by atoms with Gasteiger partial charge in [0.05, 0.1) is 12.3 Å². The highest BCUT2D eigenvalue weighted by atomic mass is 19.2. The maximum Gasteiger partial charge on any atom is 0.221 e. The van der Waals surface area contributed by atoms with E-state index in [1.54, 1.807) is 0 Å². The van der Waals surface area contributed by atoms with E-state index in [1.807, 2.05) is 0 Å². The molecule has 1 aliphatic heterocycles. The largest absolute Gasteiger partial charge is 0.445 e. The molecule has 0 radical (unpaired) electrons. The highest BCUT2D eigenvalue weighted by molar-refractivity contribution is 7.15. The summed E-state index contributed by atoms with van der Waals surface area (Å²) in [6.07, 6.45) is -5.88. The second-order valence-corrected chi connectivity index (χ2v) is 9.61. The number of hydrogen-bond acceptors (Lipinski definition) is 2. The summed E-state index contributed by atoms with van der Waals surface area (Å²) in [5, 5.41) is 0. The van der Waals surface area contributed by atoms with Gasteiger partial charge in [-0.15, -0.1) is 16.4 Å². The van der Waals surface area contributed by atoms with E-state index in [-0.39, 0.29) is 11.5 Å². The Labute approximate surface area is 246 Å². The molecule has 4 aromatic carbocycles. The van der Waals surface area contributed by atoms with Crippen LogP contribution in [-0.4, -0.2) is 18.6 Å². The minimum absolute atomic E-state index is 0.0627. The lowest BCUT2D eigenvalue weighted by Gasteiger charge is -2.41. The van der Waals surface area contributed by atoms with Crippen molar-refractivity contribution in [1.82, 2.24) is 0 Å². The first-order valence-electron chi connectivity index (χ1n) is 12.3. The van der Waals surface area contributed by atoms with Gasteiger partial charge in [-0.1, -0.05) is 18.2 Å². The van der Waals surface area contributed by atoms with Gasteiger partial charge in [-0.2, -0.15) is 5.98 Å². The van der Waals surface area contributed by atoms with Gasteiger partial charge in [0.1, 0.15) is 41.0 Å². The van der Waals surface area contributed by atoms with Crippen molar-refractivity contribution in [3.05, 3.63) is 135 Å². The molecular weight excluding hydrogens is 662 g/mol. The van der Waals surface area contributed by atoms with Crippen molar-refractivity contribution in [2.75, 3.05) is 6.54 Å².